The second kappa shape index (κ2) is 7.88. The number of anilines is 1. The lowest BCUT2D eigenvalue weighted by atomic mass is 9.91. The van der Waals surface area contributed by atoms with Crippen LogP contribution in [-0.2, 0) is 24.2 Å². The van der Waals surface area contributed by atoms with Gasteiger partial charge in [-0.05, 0) is 63.2 Å². The second-order valence-electron chi connectivity index (χ2n) is 8.34. The summed E-state index contributed by atoms with van der Waals surface area (Å²) < 4.78 is 5.58. The van der Waals surface area contributed by atoms with Crippen molar-refractivity contribution < 1.29 is 9.32 Å². The largest absolute Gasteiger partial charge is 0.375 e. The first-order chi connectivity index (χ1) is 14.2. The Morgan fingerprint density at radius 2 is 2.21 bits per heavy atom. The molecule has 0 spiro atoms. The molecule has 7 heteroatoms. The topological polar surface area (TPSA) is 71.3 Å². The van der Waals surface area contributed by atoms with Crippen LogP contribution in [0.2, 0.25) is 0 Å². The third-order valence-electron chi connectivity index (χ3n) is 6.26. The molecule has 0 bridgehead atoms. The summed E-state index contributed by atoms with van der Waals surface area (Å²) in [5.74, 6) is 0.741. The zero-order chi connectivity index (χ0) is 19.8. The molecule has 3 aromatic rings. The fourth-order valence-corrected chi connectivity index (χ4v) is 5.22. The van der Waals surface area contributed by atoms with Crippen molar-refractivity contribution in [3.05, 3.63) is 39.5 Å². The zero-order valence-electron chi connectivity index (χ0n) is 16.7. The van der Waals surface area contributed by atoms with Crippen LogP contribution in [0.4, 0.5) is 5.69 Å². The van der Waals surface area contributed by atoms with Gasteiger partial charge >= 0.3 is 0 Å². The highest BCUT2D eigenvalue weighted by Crippen LogP contribution is 2.33. The number of nitrogens with one attached hydrogen (secondary N) is 1. The molecule has 1 N–H and O–H groups in total. The molecule has 4 heterocycles. The van der Waals surface area contributed by atoms with Crippen LogP contribution in [0.3, 0.4) is 0 Å². The Kier molecular flexibility index (Phi) is 5.09. The number of fused-ring (bicyclic) bond motifs is 2. The quantitative estimate of drug-likeness (QED) is 0.620. The van der Waals surface area contributed by atoms with Crippen molar-refractivity contribution in [1.82, 2.24) is 15.0 Å². The van der Waals surface area contributed by atoms with E-state index in [1.165, 1.54) is 24.1 Å². The minimum Gasteiger partial charge on any atom is -0.375 e. The van der Waals surface area contributed by atoms with Gasteiger partial charge in [-0.15, -0.1) is 11.3 Å². The summed E-state index contributed by atoms with van der Waals surface area (Å²) in [6.07, 6.45) is 6.29. The molecule has 2 aliphatic heterocycles. The van der Waals surface area contributed by atoms with Crippen molar-refractivity contribution in [3.8, 4) is 0 Å². The summed E-state index contributed by atoms with van der Waals surface area (Å²) in [5, 5.41) is 12.0. The van der Waals surface area contributed by atoms with E-state index in [0.29, 0.717) is 0 Å². The van der Waals surface area contributed by atoms with Gasteiger partial charge in [-0.1, -0.05) is 5.16 Å². The van der Waals surface area contributed by atoms with E-state index in [1.54, 1.807) is 11.3 Å². The average Bonchev–Trinajstić information content (AvgIpc) is 3.43. The summed E-state index contributed by atoms with van der Waals surface area (Å²) in [7, 11) is 0. The van der Waals surface area contributed by atoms with Gasteiger partial charge in [-0.2, -0.15) is 0 Å². The lowest BCUT2D eigenvalue weighted by Gasteiger charge is -2.31. The first kappa shape index (κ1) is 18.8. The fraction of sp³-hybridized carbons (Fsp3) is 0.500. The van der Waals surface area contributed by atoms with Crippen LogP contribution in [0.5, 0.6) is 0 Å². The van der Waals surface area contributed by atoms with E-state index in [4.69, 9.17) is 4.52 Å². The number of hydrogen-bond acceptors (Lipinski definition) is 7. The van der Waals surface area contributed by atoms with Gasteiger partial charge in [0.1, 0.15) is 6.29 Å². The fourth-order valence-electron chi connectivity index (χ4n) is 4.62. The first-order valence-electron chi connectivity index (χ1n) is 10.4. The molecule has 1 aromatic carbocycles. The van der Waals surface area contributed by atoms with E-state index in [9.17, 15) is 4.79 Å². The van der Waals surface area contributed by atoms with Crippen LogP contribution in [0.1, 0.15) is 41.2 Å². The third kappa shape index (κ3) is 3.94. The molecule has 0 aliphatic carbocycles. The van der Waals surface area contributed by atoms with Gasteiger partial charge in [0.05, 0.1) is 22.4 Å². The average molecular weight is 411 g/mol. The van der Waals surface area contributed by atoms with E-state index >= 15 is 0 Å². The number of nitrogens with zero attached hydrogens (tertiary/aromatic N) is 3. The molecule has 0 amide bonds. The maximum atomic E-state index is 11.1. The Morgan fingerprint density at radius 1 is 1.34 bits per heavy atom. The summed E-state index contributed by atoms with van der Waals surface area (Å²) in [6.45, 7) is 5.34. The van der Waals surface area contributed by atoms with Crippen molar-refractivity contribution in [2.75, 3.05) is 18.4 Å². The number of likely N-dealkylation sites (tertiary alicyclic amines) is 1. The summed E-state index contributed by atoms with van der Waals surface area (Å²) in [6, 6.07) is 4.03. The predicted octanol–water partition coefficient (Wildman–Crippen LogP) is 3.97. The molecular weight excluding hydrogens is 384 g/mol. The molecule has 5 rings (SSSR count). The van der Waals surface area contributed by atoms with Gasteiger partial charge in [0.25, 0.3) is 0 Å². The van der Waals surface area contributed by atoms with Crippen molar-refractivity contribution >= 4 is 34.3 Å². The van der Waals surface area contributed by atoms with Crippen LogP contribution >= 0.6 is 11.3 Å². The molecule has 1 fully saturated rings. The molecule has 0 saturated carbocycles. The monoisotopic (exact) mass is 410 g/mol. The van der Waals surface area contributed by atoms with Crippen molar-refractivity contribution in [1.29, 1.82) is 0 Å². The molecule has 1 unspecified atom stereocenters. The summed E-state index contributed by atoms with van der Waals surface area (Å²) in [5.41, 5.74) is 5.26. The number of carbonyl (C=O) groups excluding carboxylic acids is 1. The van der Waals surface area contributed by atoms with Gasteiger partial charge in [0.15, 0.2) is 5.58 Å². The van der Waals surface area contributed by atoms with E-state index in [2.05, 4.69) is 38.7 Å². The molecule has 2 aliphatic rings. The van der Waals surface area contributed by atoms with Crippen LogP contribution in [-0.4, -0.2) is 40.5 Å². The van der Waals surface area contributed by atoms with Crippen LogP contribution in [0.25, 0.3) is 11.0 Å². The Balaban J connectivity index is 1.17. The minimum absolute atomic E-state index is 0.119. The van der Waals surface area contributed by atoms with E-state index in [0.717, 1.165) is 78.5 Å². The summed E-state index contributed by atoms with van der Waals surface area (Å²) >= 11 is 1.73. The van der Waals surface area contributed by atoms with Crippen molar-refractivity contribution in [2.45, 2.75) is 51.6 Å². The van der Waals surface area contributed by atoms with Crippen LogP contribution in [0.15, 0.2) is 22.0 Å². The number of carbonyl (C=O) groups is 1. The van der Waals surface area contributed by atoms with Gasteiger partial charge in [0, 0.05) is 35.5 Å². The second-order valence-corrected chi connectivity index (χ2v) is 9.40. The number of benzene rings is 1. The Hall–Kier alpha value is -2.25. The SMILES string of the molecule is Cc1nc(CN2CCC(CCc3noc4cc5c(cc34)CC(C=O)N5)CC2)cs1. The lowest BCUT2D eigenvalue weighted by Crippen LogP contribution is -2.33. The lowest BCUT2D eigenvalue weighted by molar-refractivity contribution is -0.108. The smallest absolute Gasteiger partial charge is 0.169 e. The molecule has 1 saturated heterocycles. The van der Waals surface area contributed by atoms with E-state index in [-0.39, 0.29) is 6.04 Å². The van der Waals surface area contributed by atoms with Crippen molar-refractivity contribution in [2.24, 2.45) is 5.92 Å². The van der Waals surface area contributed by atoms with Crippen LogP contribution in [0, 0.1) is 12.8 Å². The van der Waals surface area contributed by atoms with Crippen molar-refractivity contribution in [3.63, 3.8) is 0 Å². The molecular formula is C22H26N4O2S. The highest BCUT2D eigenvalue weighted by Gasteiger charge is 2.24. The van der Waals surface area contributed by atoms with Gasteiger partial charge in [-0.25, -0.2) is 4.98 Å². The molecule has 0 radical (unpaired) electrons. The van der Waals surface area contributed by atoms with Gasteiger partial charge in [0.2, 0.25) is 0 Å². The normalized spacial score (nSPS) is 20.1. The maximum absolute atomic E-state index is 11.1. The number of aldehydes is 1. The highest BCUT2D eigenvalue weighted by atomic mass is 32.1. The minimum atomic E-state index is -0.119. The molecule has 152 valence electrons. The Labute approximate surface area is 174 Å². The standard InChI is InChI=1S/C22H26N4O2S/c1-14-23-18(13-29-14)11-26-6-4-15(5-7-26)2-3-20-19-9-16-8-17(12-27)24-21(16)10-22(19)28-25-20/h9-10,12-13,15,17,24H,2-8,11H2,1H3. The third-order valence-corrected chi connectivity index (χ3v) is 7.09. The van der Waals surface area contributed by atoms with E-state index in [1.807, 2.05) is 6.07 Å². The number of thiazole rings is 1. The van der Waals surface area contributed by atoms with E-state index < -0.39 is 0 Å². The van der Waals surface area contributed by atoms with Crippen LogP contribution < -0.4 is 5.32 Å². The number of piperidine rings is 1. The highest BCUT2D eigenvalue weighted by molar-refractivity contribution is 7.09. The Morgan fingerprint density at radius 3 is 2.97 bits per heavy atom. The maximum Gasteiger partial charge on any atom is 0.169 e. The predicted molar refractivity (Wildman–Crippen MR) is 114 cm³/mol. The summed E-state index contributed by atoms with van der Waals surface area (Å²) in [4.78, 5) is 18.2. The van der Waals surface area contributed by atoms with Gasteiger partial charge in [-0.3, -0.25) is 4.90 Å². The Bertz CT molecular complexity index is 1020. The number of aromatic nitrogens is 2. The molecule has 29 heavy (non-hydrogen) atoms. The zero-order valence-corrected chi connectivity index (χ0v) is 17.5. The molecule has 2 aromatic heterocycles. The van der Waals surface area contributed by atoms with Gasteiger partial charge < -0.3 is 14.6 Å². The first-order valence-corrected chi connectivity index (χ1v) is 11.3. The molecule has 1 atom stereocenters. The number of hydrogen-bond donors (Lipinski definition) is 1. The number of aryl methyl sites for hydroxylation is 2. The number of rotatable bonds is 6. The molecule has 6 nitrogen and oxygen atoms in total.